The van der Waals surface area contributed by atoms with Crippen LogP contribution in [0, 0.1) is 30.6 Å². The van der Waals surface area contributed by atoms with Crippen LogP contribution in [-0.2, 0) is 13.0 Å². The molecule has 0 saturated heterocycles. The van der Waals surface area contributed by atoms with Gasteiger partial charge in [0.05, 0.1) is 5.03 Å². The Balaban J connectivity index is 0.00000289. The minimum Gasteiger partial charge on any atom is -0.335 e. The van der Waals surface area contributed by atoms with Crippen LogP contribution in [0.2, 0.25) is 0 Å². The van der Waals surface area contributed by atoms with E-state index in [1.165, 1.54) is 39.4 Å². The van der Waals surface area contributed by atoms with Gasteiger partial charge in [0.25, 0.3) is 0 Å². The third-order valence-electron chi connectivity index (χ3n) is 7.33. The topological polar surface area (TPSA) is 4.93 Å². The summed E-state index contributed by atoms with van der Waals surface area (Å²) in [5, 5.41) is 1.44. The predicted molar refractivity (Wildman–Crippen MR) is 138 cm³/mol. The van der Waals surface area contributed by atoms with Crippen LogP contribution in [0.4, 0.5) is 0 Å². The Morgan fingerprint density at radius 3 is 2.77 bits per heavy atom. The average molecular weight is 434 g/mol. The first-order valence-electron chi connectivity index (χ1n) is 11.8. The van der Waals surface area contributed by atoms with Gasteiger partial charge in [-0.15, -0.1) is 12.3 Å². The first kappa shape index (κ1) is 22.3. The molecule has 0 N–H and O–H groups in total. The zero-order valence-corrected chi connectivity index (χ0v) is 20.9. The van der Waals surface area contributed by atoms with Gasteiger partial charge in [0, 0.05) is 30.2 Å². The lowest BCUT2D eigenvalue weighted by molar-refractivity contribution is 0.659. The molecule has 0 amide bonds. The largest absolute Gasteiger partial charge is 0.335 e. The lowest BCUT2D eigenvalue weighted by Gasteiger charge is -2.22. The van der Waals surface area contributed by atoms with Crippen molar-refractivity contribution >= 4 is 11.8 Å². The zero-order chi connectivity index (χ0) is 22.4. The van der Waals surface area contributed by atoms with E-state index in [-0.39, 0.29) is 11.6 Å². The number of terminal acetylenes is 1. The fraction of sp³-hybridized carbons (Fsp3) is 0.517. The molecule has 1 aromatic heterocycles. The molecule has 1 fully saturated rings. The van der Waals surface area contributed by atoms with Crippen LogP contribution in [0.3, 0.4) is 0 Å². The normalized spacial score (nSPS) is 29.3. The van der Waals surface area contributed by atoms with Crippen LogP contribution in [0.15, 0.2) is 52.6 Å². The highest BCUT2D eigenvalue weighted by atomic mass is 32.2. The second kappa shape index (κ2) is 8.25. The average Bonchev–Trinajstić information content (AvgIpc) is 3.19. The lowest BCUT2D eigenvalue weighted by atomic mass is 9.98. The monoisotopic (exact) mass is 433 g/mol. The van der Waals surface area contributed by atoms with Crippen LogP contribution in [0.1, 0.15) is 78.0 Å². The first-order valence-corrected chi connectivity index (χ1v) is 12.6. The summed E-state index contributed by atoms with van der Waals surface area (Å²) in [4.78, 5) is 0. The third-order valence-corrected chi connectivity index (χ3v) is 9.06. The molecule has 3 unspecified atom stereocenters. The summed E-state index contributed by atoms with van der Waals surface area (Å²) in [5.74, 6) is 4.01. The summed E-state index contributed by atoms with van der Waals surface area (Å²) in [7, 11) is 0. The van der Waals surface area contributed by atoms with Gasteiger partial charge in [-0.25, -0.2) is 0 Å². The van der Waals surface area contributed by atoms with Crippen molar-refractivity contribution in [1.29, 1.82) is 0 Å². The van der Waals surface area contributed by atoms with Crippen molar-refractivity contribution in [2.75, 3.05) is 0 Å². The zero-order valence-electron chi connectivity index (χ0n) is 20.1. The minimum atomic E-state index is 0. The van der Waals surface area contributed by atoms with E-state index in [1.54, 1.807) is 0 Å². The predicted octanol–water partition coefficient (Wildman–Crippen LogP) is 8.01. The van der Waals surface area contributed by atoms with E-state index in [1.807, 2.05) is 0 Å². The fourth-order valence-corrected chi connectivity index (χ4v) is 7.51. The van der Waals surface area contributed by atoms with Crippen LogP contribution in [0.5, 0.6) is 0 Å². The van der Waals surface area contributed by atoms with Crippen LogP contribution in [0.25, 0.3) is 0 Å². The van der Waals surface area contributed by atoms with Crippen molar-refractivity contribution in [3.8, 4) is 12.3 Å². The molecule has 0 spiro atoms. The molecule has 0 radical (unpaired) electrons. The highest BCUT2D eigenvalue weighted by Gasteiger charge is 2.63. The van der Waals surface area contributed by atoms with Crippen molar-refractivity contribution < 1.29 is 1.43 Å². The Bertz CT molecular complexity index is 1040. The summed E-state index contributed by atoms with van der Waals surface area (Å²) >= 11 is 2.10. The van der Waals surface area contributed by atoms with Gasteiger partial charge in [-0.3, -0.25) is 0 Å². The molecule has 0 bridgehead atoms. The van der Waals surface area contributed by atoms with Crippen molar-refractivity contribution in [1.82, 2.24) is 4.57 Å². The van der Waals surface area contributed by atoms with Gasteiger partial charge >= 0.3 is 0 Å². The molecule has 0 aromatic carbocycles. The summed E-state index contributed by atoms with van der Waals surface area (Å²) in [6.45, 7) is 14.9. The molecule has 2 heteroatoms. The third kappa shape index (κ3) is 4.03. The number of allylic oxidation sites excluding steroid dienone is 7. The SMILES string of the molecule is C#CCc1c(C(C)C)c(SC23C=C(C)CC=CC2(C)C3)n(CC2=CC(C)CC=C2)c1C.[HH]. The summed E-state index contributed by atoms with van der Waals surface area (Å²) in [6, 6.07) is 0. The highest BCUT2D eigenvalue weighted by Crippen LogP contribution is 2.69. The van der Waals surface area contributed by atoms with Gasteiger partial charge in [-0.1, -0.05) is 81.5 Å². The van der Waals surface area contributed by atoms with Gasteiger partial charge in [0.1, 0.15) is 0 Å². The molecular formula is C29H39NS. The quantitative estimate of drug-likeness (QED) is 0.325. The maximum absolute atomic E-state index is 5.83. The number of aromatic nitrogens is 1. The second-order valence-corrected chi connectivity index (χ2v) is 11.8. The molecule has 166 valence electrons. The molecule has 1 heterocycles. The summed E-state index contributed by atoms with van der Waals surface area (Å²) in [6.07, 6.45) is 24.5. The van der Waals surface area contributed by atoms with Crippen LogP contribution in [-0.4, -0.2) is 9.31 Å². The van der Waals surface area contributed by atoms with Crippen molar-refractivity contribution in [3.63, 3.8) is 0 Å². The van der Waals surface area contributed by atoms with Gasteiger partial charge < -0.3 is 4.57 Å². The number of nitrogens with zero attached hydrogens (tertiary/aromatic N) is 1. The summed E-state index contributed by atoms with van der Waals surface area (Å²) < 4.78 is 2.74. The molecule has 1 aromatic rings. The summed E-state index contributed by atoms with van der Waals surface area (Å²) in [5.41, 5.74) is 7.35. The first-order chi connectivity index (χ1) is 14.7. The number of hydrogen-bond donors (Lipinski definition) is 0. The Kier molecular flexibility index (Phi) is 5.95. The minimum absolute atomic E-state index is 0. The van der Waals surface area contributed by atoms with Gasteiger partial charge in [0.2, 0.25) is 0 Å². The van der Waals surface area contributed by atoms with E-state index in [2.05, 4.69) is 100 Å². The van der Waals surface area contributed by atoms with Crippen molar-refractivity contribution in [3.05, 3.63) is 64.4 Å². The number of fused-ring (bicyclic) bond motifs is 1. The number of hydrogen-bond acceptors (Lipinski definition) is 1. The maximum atomic E-state index is 5.83. The molecular weight excluding hydrogens is 394 g/mol. The molecule has 1 saturated carbocycles. The molecule has 3 aliphatic rings. The molecule has 0 aliphatic heterocycles. The highest BCUT2D eigenvalue weighted by molar-refractivity contribution is 8.01. The fourth-order valence-electron chi connectivity index (χ4n) is 5.45. The van der Waals surface area contributed by atoms with Crippen LogP contribution < -0.4 is 0 Å². The Hall–Kier alpha value is -1.85. The van der Waals surface area contributed by atoms with Gasteiger partial charge in [0.15, 0.2) is 0 Å². The standard InChI is InChI=1S/C29H37NS.H2/c1-8-11-25-23(6)30(18-24-14-9-12-21(4)16-24)27(26(25)20(2)3)31-29-17-22(5)13-10-15-28(29,7)19-29;/h1,9-10,14-17,20-21H,11-13,18-19H2,2-7H3;1H. The molecule has 3 atom stereocenters. The van der Waals surface area contributed by atoms with Gasteiger partial charge in [-0.2, -0.15) is 0 Å². The Morgan fingerprint density at radius 1 is 1.32 bits per heavy atom. The Morgan fingerprint density at radius 2 is 2.10 bits per heavy atom. The van der Waals surface area contributed by atoms with E-state index in [0.29, 0.717) is 18.3 Å². The molecule has 3 aliphatic carbocycles. The van der Waals surface area contributed by atoms with E-state index in [9.17, 15) is 0 Å². The number of thioether (sulfide) groups is 1. The molecule has 4 rings (SSSR count). The van der Waals surface area contributed by atoms with E-state index in [0.717, 1.165) is 19.4 Å². The number of rotatable bonds is 6. The Labute approximate surface area is 195 Å². The molecule has 1 nitrogen and oxygen atoms in total. The molecule has 31 heavy (non-hydrogen) atoms. The smallest absolute Gasteiger partial charge is 0.0800 e. The second-order valence-electron chi connectivity index (χ2n) is 10.4. The van der Waals surface area contributed by atoms with Crippen molar-refractivity contribution in [2.45, 2.75) is 89.5 Å². The van der Waals surface area contributed by atoms with Crippen LogP contribution >= 0.6 is 11.8 Å². The van der Waals surface area contributed by atoms with Gasteiger partial charge in [-0.05, 0) is 61.6 Å². The maximum Gasteiger partial charge on any atom is 0.0800 e. The van der Waals surface area contributed by atoms with Crippen molar-refractivity contribution in [2.24, 2.45) is 11.3 Å². The van der Waals surface area contributed by atoms with E-state index >= 15 is 0 Å². The lowest BCUT2D eigenvalue weighted by Crippen LogP contribution is -2.13. The van der Waals surface area contributed by atoms with E-state index < -0.39 is 0 Å². The van der Waals surface area contributed by atoms with E-state index in [4.69, 9.17) is 6.42 Å².